The summed E-state index contributed by atoms with van der Waals surface area (Å²) in [5, 5.41) is 16.1. The molecular formula is C20H23N5O4. The number of nitro benzene ring substituents is 1. The number of nitrogens with one attached hydrogen (secondary N) is 2. The first-order valence-corrected chi connectivity index (χ1v) is 9.43. The number of aryl methyl sites for hydroxylation is 1. The molecule has 0 radical (unpaired) electrons. The van der Waals surface area contributed by atoms with Gasteiger partial charge in [-0.3, -0.25) is 24.7 Å². The van der Waals surface area contributed by atoms with Crippen molar-refractivity contribution >= 4 is 28.9 Å². The van der Waals surface area contributed by atoms with Crippen molar-refractivity contribution in [3.63, 3.8) is 0 Å². The first-order valence-electron chi connectivity index (χ1n) is 9.43. The first-order chi connectivity index (χ1) is 13.9. The lowest BCUT2D eigenvalue weighted by molar-refractivity contribution is -0.384. The van der Waals surface area contributed by atoms with Crippen molar-refractivity contribution in [3.05, 3.63) is 58.4 Å². The fourth-order valence-corrected chi connectivity index (χ4v) is 3.34. The highest BCUT2D eigenvalue weighted by molar-refractivity contribution is 6.39. The Morgan fingerprint density at radius 3 is 2.52 bits per heavy atom. The summed E-state index contributed by atoms with van der Waals surface area (Å²) in [5.74, 6) is -1.43. The van der Waals surface area contributed by atoms with Crippen LogP contribution in [-0.4, -0.2) is 41.4 Å². The molecule has 0 aliphatic carbocycles. The fourth-order valence-electron chi connectivity index (χ4n) is 3.34. The highest BCUT2D eigenvalue weighted by Crippen LogP contribution is 2.25. The summed E-state index contributed by atoms with van der Waals surface area (Å²) in [6.07, 6.45) is 5.32. The van der Waals surface area contributed by atoms with Crippen LogP contribution in [0.5, 0.6) is 0 Å². The molecule has 2 aromatic rings. The van der Waals surface area contributed by atoms with E-state index < -0.39 is 16.7 Å². The lowest BCUT2D eigenvalue weighted by Crippen LogP contribution is -2.41. The Bertz CT molecular complexity index is 895. The van der Waals surface area contributed by atoms with Crippen LogP contribution >= 0.6 is 0 Å². The second kappa shape index (κ2) is 9.13. The van der Waals surface area contributed by atoms with Crippen molar-refractivity contribution in [3.8, 4) is 0 Å². The van der Waals surface area contributed by atoms with Crippen LogP contribution in [0, 0.1) is 23.0 Å². The molecule has 1 fully saturated rings. The number of carbonyl (C=O) groups is 2. The molecule has 1 aliphatic heterocycles. The SMILES string of the molecule is Cc1ccc(NC(=O)C(=O)NCC2CCN(c3ccncc3)CC2)c([N+](=O)[O-])c1. The van der Waals surface area contributed by atoms with Gasteiger partial charge in [0.05, 0.1) is 4.92 Å². The number of piperidine rings is 1. The van der Waals surface area contributed by atoms with Gasteiger partial charge in [0, 0.05) is 43.8 Å². The number of pyridine rings is 1. The second-order valence-electron chi connectivity index (χ2n) is 7.08. The average Bonchev–Trinajstić information content (AvgIpc) is 2.74. The molecule has 2 amide bonds. The van der Waals surface area contributed by atoms with E-state index in [1.807, 2.05) is 12.1 Å². The molecule has 1 aliphatic rings. The van der Waals surface area contributed by atoms with Crippen LogP contribution < -0.4 is 15.5 Å². The molecule has 9 nitrogen and oxygen atoms in total. The Hall–Kier alpha value is -3.49. The summed E-state index contributed by atoms with van der Waals surface area (Å²) in [5.41, 5.74) is 1.58. The van der Waals surface area contributed by atoms with Gasteiger partial charge in [0.1, 0.15) is 5.69 Å². The van der Waals surface area contributed by atoms with Crippen LogP contribution in [0.2, 0.25) is 0 Å². The van der Waals surface area contributed by atoms with Crippen molar-refractivity contribution in [2.24, 2.45) is 5.92 Å². The van der Waals surface area contributed by atoms with Gasteiger partial charge in [0.2, 0.25) is 0 Å². The molecule has 2 heterocycles. The highest BCUT2D eigenvalue weighted by Gasteiger charge is 2.23. The summed E-state index contributed by atoms with van der Waals surface area (Å²) < 4.78 is 0. The first kappa shape index (κ1) is 20.2. The van der Waals surface area contributed by atoms with Gasteiger partial charge in [-0.2, -0.15) is 0 Å². The third-order valence-electron chi connectivity index (χ3n) is 5.00. The molecule has 0 saturated carbocycles. The normalized spacial score (nSPS) is 14.3. The maximum atomic E-state index is 12.1. The minimum atomic E-state index is -0.911. The highest BCUT2D eigenvalue weighted by atomic mass is 16.6. The number of hydrogen-bond acceptors (Lipinski definition) is 6. The molecule has 1 saturated heterocycles. The summed E-state index contributed by atoms with van der Waals surface area (Å²) in [4.78, 5) is 41.1. The van der Waals surface area contributed by atoms with E-state index in [4.69, 9.17) is 0 Å². The van der Waals surface area contributed by atoms with E-state index in [9.17, 15) is 19.7 Å². The molecule has 1 aromatic carbocycles. The topological polar surface area (TPSA) is 117 Å². The molecule has 3 rings (SSSR count). The lowest BCUT2D eigenvalue weighted by Gasteiger charge is -2.33. The number of amides is 2. The van der Waals surface area contributed by atoms with E-state index in [-0.39, 0.29) is 17.3 Å². The molecule has 152 valence electrons. The van der Waals surface area contributed by atoms with Crippen LogP contribution in [0.3, 0.4) is 0 Å². The molecule has 0 bridgehead atoms. The van der Waals surface area contributed by atoms with Gasteiger partial charge in [-0.05, 0) is 49.4 Å². The summed E-state index contributed by atoms with van der Waals surface area (Å²) in [7, 11) is 0. The van der Waals surface area contributed by atoms with Crippen molar-refractivity contribution in [2.45, 2.75) is 19.8 Å². The van der Waals surface area contributed by atoms with E-state index in [0.29, 0.717) is 12.1 Å². The Kier molecular flexibility index (Phi) is 6.38. The van der Waals surface area contributed by atoms with Gasteiger partial charge in [-0.15, -0.1) is 0 Å². The zero-order valence-corrected chi connectivity index (χ0v) is 16.1. The van der Waals surface area contributed by atoms with E-state index in [0.717, 1.165) is 31.6 Å². The monoisotopic (exact) mass is 397 g/mol. The quantitative estimate of drug-likeness (QED) is 0.454. The maximum Gasteiger partial charge on any atom is 0.313 e. The van der Waals surface area contributed by atoms with Crippen molar-refractivity contribution in [2.75, 3.05) is 29.9 Å². The Balaban J connectivity index is 1.48. The number of rotatable bonds is 5. The fraction of sp³-hybridized carbons (Fsp3) is 0.350. The van der Waals surface area contributed by atoms with Crippen molar-refractivity contribution in [1.29, 1.82) is 0 Å². The number of anilines is 2. The Morgan fingerprint density at radius 2 is 1.86 bits per heavy atom. The van der Waals surface area contributed by atoms with Crippen molar-refractivity contribution in [1.82, 2.24) is 10.3 Å². The average molecular weight is 397 g/mol. The third-order valence-corrected chi connectivity index (χ3v) is 5.00. The number of hydrogen-bond donors (Lipinski definition) is 2. The summed E-state index contributed by atoms with van der Waals surface area (Å²) in [6.45, 7) is 3.84. The maximum absolute atomic E-state index is 12.1. The Labute approximate surface area is 168 Å². The van der Waals surface area contributed by atoms with E-state index in [1.54, 1.807) is 25.4 Å². The molecular weight excluding hydrogens is 374 g/mol. The number of aromatic nitrogens is 1. The van der Waals surface area contributed by atoms with Gasteiger partial charge in [0.15, 0.2) is 0 Å². The largest absolute Gasteiger partial charge is 0.371 e. The third kappa shape index (κ3) is 5.28. The second-order valence-corrected chi connectivity index (χ2v) is 7.08. The molecule has 9 heteroatoms. The minimum absolute atomic E-state index is 0.00593. The summed E-state index contributed by atoms with van der Waals surface area (Å²) >= 11 is 0. The summed E-state index contributed by atoms with van der Waals surface area (Å²) in [6, 6.07) is 8.35. The number of nitro groups is 1. The molecule has 0 atom stereocenters. The molecule has 0 spiro atoms. The molecule has 0 unspecified atom stereocenters. The zero-order chi connectivity index (χ0) is 20.8. The van der Waals surface area contributed by atoms with E-state index in [1.165, 1.54) is 12.1 Å². The predicted molar refractivity (Wildman–Crippen MR) is 109 cm³/mol. The van der Waals surface area contributed by atoms with Gasteiger partial charge in [-0.25, -0.2) is 0 Å². The van der Waals surface area contributed by atoms with Gasteiger partial charge >= 0.3 is 11.8 Å². The lowest BCUT2D eigenvalue weighted by atomic mass is 9.96. The number of benzene rings is 1. The standard InChI is InChI=1S/C20H23N5O4/c1-14-2-3-17(18(12-14)25(28)29)23-20(27)19(26)22-13-15-6-10-24(11-7-15)16-4-8-21-9-5-16/h2-5,8-9,12,15H,6-7,10-11,13H2,1H3,(H,22,26)(H,23,27). The molecule has 29 heavy (non-hydrogen) atoms. The van der Waals surface area contributed by atoms with Crippen LogP contribution in [0.4, 0.5) is 17.1 Å². The minimum Gasteiger partial charge on any atom is -0.371 e. The van der Waals surface area contributed by atoms with Crippen LogP contribution in [0.25, 0.3) is 0 Å². The molecule has 1 aromatic heterocycles. The predicted octanol–water partition coefficient (Wildman–Crippen LogP) is 2.27. The van der Waals surface area contributed by atoms with Gasteiger partial charge < -0.3 is 15.5 Å². The number of nitrogens with zero attached hydrogens (tertiary/aromatic N) is 3. The van der Waals surface area contributed by atoms with Crippen LogP contribution in [0.15, 0.2) is 42.7 Å². The van der Waals surface area contributed by atoms with Crippen LogP contribution in [-0.2, 0) is 9.59 Å². The van der Waals surface area contributed by atoms with Crippen LogP contribution in [0.1, 0.15) is 18.4 Å². The Morgan fingerprint density at radius 1 is 1.17 bits per heavy atom. The van der Waals surface area contributed by atoms with Gasteiger partial charge in [-0.1, -0.05) is 6.07 Å². The van der Waals surface area contributed by atoms with Gasteiger partial charge in [0.25, 0.3) is 5.69 Å². The van der Waals surface area contributed by atoms with E-state index >= 15 is 0 Å². The van der Waals surface area contributed by atoms with E-state index in [2.05, 4.69) is 20.5 Å². The smallest absolute Gasteiger partial charge is 0.313 e. The van der Waals surface area contributed by atoms with Crippen molar-refractivity contribution < 1.29 is 14.5 Å². The molecule has 2 N–H and O–H groups in total. The number of carbonyl (C=O) groups excluding carboxylic acids is 2. The zero-order valence-electron chi connectivity index (χ0n) is 16.1.